The lowest BCUT2D eigenvalue weighted by Crippen LogP contribution is -2.39. The van der Waals surface area contributed by atoms with Crippen molar-refractivity contribution in [2.24, 2.45) is 0 Å². The second-order valence-electron chi connectivity index (χ2n) is 4.90. The molecule has 1 fully saturated rings. The van der Waals surface area contributed by atoms with Crippen LogP contribution in [0, 0.1) is 21.4 Å². The average Bonchev–Trinajstić information content (AvgIpc) is 2.53. The molecule has 7 heteroatoms. The Bertz CT molecular complexity index is 588. The maximum Gasteiger partial charge on any atom is 0.293 e. The molecule has 0 spiro atoms. The maximum absolute atomic E-state index is 12.0. The smallest absolute Gasteiger partial charge is 0.293 e. The Labute approximate surface area is 122 Å². The number of piperidine rings is 1. The maximum atomic E-state index is 12.0. The molecule has 1 aliphatic rings. The normalized spacial score (nSPS) is 14.3. The van der Waals surface area contributed by atoms with E-state index in [1.54, 1.807) is 4.90 Å². The monoisotopic (exact) mass is 288 g/mol. The van der Waals surface area contributed by atoms with Gasteiger partial charge in [0.15, 0.2) is 0 Å². The summed E-state index contributed by atoms with van der Waals surface area (Å²) in [6.45, 7) is 1.51. The lowest BCUT2D eigenvalue weighted by atomic mass is 10.1. The first-order chi connectivity index (χ1) is 10.1. The molecule has 0 bridgehead atoms. The zero-order valence-corrected chi connectivity index (χ0v) is 11.5. The van der Waals surface area contributed by atoms with Crippen molar-refractivity contribution in [3.63, 3.8) is 0 Å². The predicted octanol–water partition coefficient (Wildman–Crippen LogP) is 1.89. The molecule has 7 nitrogen and oxygen atoms in total. The minimum absolute atomic E-state index is 0.0206. The molecule has 0 atom stereocenters. The van der Waals surface area contributed by atoms with E-state index in [4.69, 9.17) is 5.26 Å². The van der Waals surface area contributed by atoms with Gasteiger partial charge in [0.1, 0.15) is 5.69 Å². The molecule has 1 aromatic carbocycles. The van der Waals surface area contributed by atoms with Crippen LogP contribution in [0.25, 0.3) is 0 Å². The fourth-order valence-corrected chi connectivity index (χ4v) is 2.33. The third-order valence-electron chi connectivity index (χ3n) is 3.46. The number of hydrogen-bond donors (Lipinski definition) is 1. The molecule has 0 radical (unpaired) electrons. The van der Waals surface area contributed by atoms with Crippen LogP contribution in [0.3, 0.4) is 0 Å². The Kier molecular flexibility index (Phi) is 4.72. The number of nitrogens with one attached hydrogen (secondary N) is 1. The van der Waals surface area contributed by atoms with Gasteiger partial charge in [-0.2, -0.15) is 5.26 Å². The number of nitrogens with zero attached hydrogens (tertiary/aromatic N) is 3. The molecule has 1 saturated heterocycles. The number of nitro benzene ring substituents is 1. The first-order valence-electron chi connectivity index (χ1n) is 6.82. The van der Waals surface area contributed by atoms with Crippen LogP contribution in [0.5, 0.6) is 0 Å². The van der Waals surface area contributed by atoms with Crippen LogP contribution < -0.4 is 5.32 Å². The molecule has 0 aromatic heterocycles. The van der Waals surface area contributed by atoms with E-state index in [0.717, 1.165) is 32.4 Å². The van der Waals surface area contributed by atoms with Crippen molar-refractivity contribution in [1.29, 1.82) is 5.26 Å². The molecule has 0 saturated carbocycles. The van der Waals surface area contributed by atoms with Gasteiger partial charge in [-0.3, -0.25) is 14.9 Å². The molecule has 1 aliphatic heterocycles. The van der Waals surface area contributed by atoms with E-state index < -0.39 is 4.92 Å². The fraction of sp³-hybridized carbons (Fsp3) is 0.429. The Morgan fingerprint density at radius 1 is 1.38 bits per heavy atom. The predicted molar refractivity (Wildman–Crippen MR) is 76.7 cm³/mol. The van der Waals surface area contributed by atoms with Gasteiger partial charge >= 0.3 is 0 Å². The van der Waals surface area contributed by atoms with E-state index in [9.17, 15) is 14.9 Å². The standard InChI is InChI=1S/C14H16N4O3/c15-9-11-4-5-12(13(8-11)18(20)21)16-10-14(19)17-6-2-1-3-7-17/h4-5,8,16H,1-3,6-7,10H2. The van der Waals surface area contributed by atoms with Gasteiger partial charge < -0.3 is 10.2 Å². The molecule has 1 N–H and O–H groups in total. The van der Waals surface area contributed by atoms with Crippen molar-refractivity contribution in [3.8, 4) is 6.07 Å². The molecule has 1 aromatic rings. The van der Waals surface area contributed by atoms with Gasteiger partial charge in [-0.25, -0.2) is 0 Å². The Hall–Kier alpha value is -2.62. The SMILES string of the molecule is N#Cc1ccc(NCC(=O)N2CCCCC2)c([N+](=O)[O-])c1. The summed E-state index contributed by atoms with van der Waals surface area (Å²) in [6.07, 6.45) is 3.14. The molecule has 1 amide bonds. The highest BCUT2D eigenvalue weighted by Gasteiger charge is 2.19. The highest BCUT2D eigenvalue weighted by atomic mass is 16.6. The molecular weight excluding hydrogens is 272 g/mol. The molecule has 1 heterocycles. The van der Waals surface area contributed by atoms with Gasteiger partial charge in [0.2, 0.25) is 5.91 Å². The van der Waals surface area contributed by atoms with Crippen molar-refractivity contribution in [2.45, 2.75) is 19.3 Å². The summed E-state index contributed by atoms with van der Waals surface area (Å²) in [6, 6.07) is 6.01. The number of nitro groups is 1. The number of likely N-dealkylation sites (tertiary alicyclic amines) is 1. The van der Waals surface area contributed by atoms with Gasteiger partial charge in [-0.05, 0) is 31.4 Å². The van der Waals surface area contributed by atoms with Crippen LogP contribution in [0.1, 0.15) is 24.8 Å². The van der Waals surface area contributed by atoms with Crippen LogP contribution in [0.2, 0.25) is 0 Å². The quantitative estimate of drug-likeness (QED) is 0.673. The fourth-order valence-electron chi connectivity index (χ4n) is 2.33. The first kappa shape index (κ1) is 14.8. The van der Waals surface area contributed by atoms with Crippen LogP contribution in [-0.2, 0) is 4.79 Å². The topological polar surface area (TPSA) is 99.3 Å². The van der Waals surface area contributed by atoms with E-state index in [1.807, 2.05) is 6.07 Å². The summed E-state index contributed by atoms with van der Waals surface area (Å²) < 4.78 is 0. The molecule has 21 heavy (non-hydrogen) atoms. The van der Waals surface area contributed by atoms with Crippen LogP contribution in [0.15, 0.2) is 18.2 Å². The number of anilines is 1. The molecular formula is C14H16N4O3. The number of carbonyl (C=O) groups excluding carboxylic acids is 1. The van der Waals surface area contributed by atoms with Gasteiger partial charge in [0.05, 0.1) is 23.1 Å². The number of rotatable bonds is 4. The third-order valence-corrected chi connectivity index (χ3v) is 3.46. The Morgan fingerprint density at radius 3 is 2.71 bits per heavy atom. The number of carbonyl (C=O) groups is 1. The zero-order chi connectivity index (χ0) is 15.2. The van der Waals surface area contributed by atoms with Gasteiger partial charge in [-0.15, -0.1) is 0 Å². The highest BCUT2D eigenvalue weighted by molar-refractivity contribution is 5.82. The van der Waals surface area contributed by atoms with Crippen molar-refractivity contribution in [3.05, 3.63) is 33.9 Å². The number of hydrogen-bond acceptors (Lipinski definition) is 5. The second kappa shape index (κ2) is 6.70. The summed E-state index contributed by atoms with van der Waals surface area (Å²) in [5, 5.41) is 22.6. The van der Waals surface area contributed by atoms with Crippen LogP contribution in [0.4, 0.5) is 11.4 Å². The number of nitriles is 1. The largest absolute Gasteiger partial charge is 0.371 e. The van der Waals surface area contributed by atoms with Crippen molar-refractivity contribution in [1.82, 2.24) is 4.90 Å². The summed E-state index contributed by atoms with van der Waals surface area (Å²) >= 11 is 0. The van der Waals surface area contributed by atoms with Crippen molar-refractivity contribution < 1.29 is 9.72 Å². The van der Waals surface area contributed by atoms with Crippen molar-refractivity contribution in [2.75, 3.05) is 25.0 Å². The van der Waals surface area contributed by atoms with E-state index in [2.05, 4.69) is 5.32 Å². The number of benzene rings is 1. The van der Waals surface area contributed by atoms with E-state index in [1.165, 1.54) is 18.2 Å². The van der Waals surface area contributed by atoms with Crippen LogP contribution in [-0.4, -0.2) is 35.4 Å². The van der Waals surface area contributed by atoms with Crippen LogP contribution >= 0.6 is 0 Å². The van der Waals surface area contributed by atoms with Gasteiger partial charge in [-0.1, -0.05) is 0 Å². The highest BCUT2D eigenvalue weighted by Crippen LogP contribution is 2.25. The summed E-state index contributed by atoms with van der Waals surface area (Å²) in [7, 11) is 0. The van der Waals surface area contributed by atoms with E-state index in [-0.39, 0.29) is 29.4 Å². The summed E-state index contributed by atoms with van der Waals surface area (Å²) in [5.74, 6) is -0.0617. The summed E-state index contributed by atoms with van der Waals surface area (Å²) in [5.41, 5.74) is 0.277. The Balaban J connectivity index is 2.04. The molecule has 2 rings (SSSR count). The second-order valence-corrected chi connectivity index (χ2v) is 4.90. The lowest BCUT2D eigenvalue weighted by molar-refractivity contribution is -0.384. The summed E-state index contributed by atoms with van der Waals surface area (Å²) in [4.78, 5) is 24.2. The van der Waals surface area contributed by atoms with Gasteiger partial charge in [0, 0.05) is 19.2 Å². The van der Waals surface area contributed by atoms with Gasteiger partial charge in [0.25, 0.3) is 5.69 Å². The van der Waals surface area contributed by atoms with E-state index in [0.29, 0.717) is 0 Å². The molecule has 110 valence electrons. The minimum Gasteiger partial charge on any atom is -0.371 e. The molecule has 0 unspecified atom stereocenters. The zero-order valence-electron chi connectivity index (χ0n) is 11.5. The number of amides is 1. The van der Waals surface area contributed by atoms with Crippen molar-refractivity contribution >= 4 is 17.3 Å². The molecule has 0 aliphatic carbocycles. The minimum atomic E-state index is -0.561. The first-order valence-corrected chi connectivity index (χ1v) is 6.82. The third kappa shape index (κ3) is 3.69. The average molecular weight is 288 g/mol. The Morgan fingerprint density at radius 2 is 2.10 bits per heavy atom. The lowest BCUT2D eigenvalue weighted by Gasteiger charge is -2.26. The van der Waals surface area contributed by atoms with E-state index >= 15 is 0 Å².